The number of hydrogen-bond acceptors (Lipinski definition) is 5. The van der Waals surface area contributed by atoms with Crippen molar-refractivity contribution in [2.75, 3.05) is 13.1 Å². The van der Waals surface area contributed by atoms with Gasteiger partial charge < -0.3 is 9.84 Å². The number of aromatic nitrogens is 3. The van der Waals surface area contributed by atoms with E-state index in [1.54, 1.807) is 6.07 Å². The summed E-state index contributed by atoms with van der Waals surface area (Å²) in [5.74, 6) is 1.55. The van der Waals surface area contributed by atoms with Gasteiger partial charge in [-0.15, -0.1) is 0 Å². The van der Waals surface area contributed by atoms with Crippen LogP contribution in [-0.2, 0) is 6.54 Å². The predicted molar refractivity (Wildman–Crippen MR) is 100 cm³/mol. The van der Waals surface area contributed by atoms with Gasteiger partial charge in [0.2, 0.25) is 0 Å². The van der Waals surface area contributed by atoms with Gasteiger partial charge in [-0.2, -0.15) is 5.10 Å². The molecule has 7 heteroatoms. The van der Waals surface area contributed by atoms with Crippen LogP contribution in [0.5, 0.6) is 0 Å². The van der Waals surface area contributed by atoms with E-state index in [2.05, 4.69) is 44.6 Å². The zero-order chi connectivity index (χ0) is 18.4. The number of carbonyl (C=O) groups is 1. The van der Waals surface area contributed by atoms with Gasteiger partial charge in [0, 0.05) is 43.0 Å². The summed E-state index contributed by atoms with van der Waals surface area (Å²) in [6.45, 7) is 4.81. The van der Waals surface area contributed by atoms with Crippen LogP contribution in [0.25, 0.3) is 10.9 Å². The second kappa shape index (κ2) is 6.49. The van der Waals surface area contributed by atoms with E-state index in [-0.39, 0.29) is 11.9 Å². The van der Waals surface area contributed by atoms with E-state index in [9.17, 15) is 4.79 Å². The third kappa shape index (κ3) is 3.23. The Hall–Kier alpha value is -2.67. The maximum Gasteiger partial charge on any atom is 0.273 e. The maximum atomic E-state index is 12.5. The molecule has 1 aliphatic carbocycles. The quantitative estimate of drug-likeness (QED) is 0.726. The van der Waals surface area contributed by atoms with Gasteiger partial charge in [0.15, 0.2) is 5.69 Å². The Morgan fingerprint density at radius 3 is 3.11 bits per heavy atom. The molecule has 1 amide bonds. The number of likely N-dealkylation sites (tertiary alicyclic amines) is 1. The number of aromatic amines is 1. The first-order valence-corrected chi connectivity index (χ1v) is 9.58. The summed E-state index contributed by atoms with van der Waals surface area (Å²) in [4.78, 5) is 14.9. The molecule has 1 saturated carbocycles. The van der Waals surface area contributed by atoms with Crippen LogP contribution in [0.3, 0.4) is 0 Å². The monoisotopic (exact) mass is 365 g/mol. The molecular formula is C20H23N5O2. The zero-order valence-electron chi connectivity index (χ0n) is 15.3. The highest BCUT2D eigenvalue weighted by Crippen LogP contribution is 2.40. The molecule has 2 aliphatic rings. The number of H-pyrrole nitrogens is 1. The summed E-state index contributed by atoms with van der Waals surface area (Å²) < 4.78 is 5.30. The highest BCUT2D eigenvalue weighted by molar-refractivity contribution is 5.92. The third-order valence-corrected chi connectivity index (χ3v) is 5.71. The average Bonchev–Trinajstić information content (AvgIpc) is 3.07. The molecule has 1 aliphatic heterocycles. The summed E-state index contributed by atoms with van der Waals surface area (Å²) >= 11 is 0. The van der Waals surface area contributed by atoms with E-state index < -0.39 is 0 Å². The molecule has 3 heterocycles. The lowest BCUT2D eigenvalue weighted by Crippen LogP contribution is -2.40. The molecular weight excluding hydrogens is 342 g/mol. The van der Waals surface area contributed by atoms with E-state index in [0.29, 0.717) is 17.5 Å². The molecule has 0 radical (unpaired) electrons. The molecule has 140 valence electrons. The number of fused-ring (bicyclic) bond motifs is 1. The molecule has 5 rings (SSSR count). The lowest BCUT2D eigenvalue weighted by Gasteiger charge is -2.17. The van der Waals surface area contributed by atoms with Crippen LogP contribution >= 0.6 is 0 Å². The fourth-order valence-corrected chi connectivity index (χ4v) is 3.99. The third-order valence-electron chi connectivity index (χ3n) is 5.71. The van der Waals surface area contributed by atoms with Crippen molar-refractivity contribution in [1.82, 2.24) is 25.6 Å². The van der Waals surface area contributed by atoms with Crippen LogP contribution in [0.15, 0.2) is 35.0 Å². The molecule has 0 spiro atoms. The van der Waals surface area contributed by atoms with Crippen molar-refractivity contribution in [3.05, 3.63) is 47.5 Å². The van der Waals surface area contributed by atoms with Crippen molar-refractivity contribution in [1.29, 1.82) is 0 Å². The van der Waals surface area contributed by atoms with E-state index in [4.69, 9.17) is 4.52 Å². The normalized spacial score (nSPS) is 23.1. The van der Waals surface area contributed by atoms with Crippen molar-refractivity contribution < 1.29 is 9.32 Å². The van der Waals surface area contributed by atoms with Gasteiger partial charge in [-0.3, -0.25) is 14.8 Å². The highest BCUT2D eigenvalue weighted by atomic mass is 16.5. The standard InChI is InChI=1S/C20H23N5O2/c1-12-9-25(10-14-3-2-4-16-15(14)8-21-23-16)11-18(12)22-20(26)17-7-19(27-24-17)13-5-6-13/h2-4,7-8,12-13,18H,5-6,9-11H2,1H3,(H,21,23)(H,22,26)/t12-,18+/m1/s1. The van der Waals surface area contributed by atoms with Gasteiger partial charge in [-0.1, -0.05) is 24.2 Å². The minimum Gasteiger partial charge on any atom is -0.360 e. The zero-order valence-corrected chi connectivity index (χ0v) is 15.3. The summed E-state index contributed by atoms with van der Waals surface area (Å²) in [6.07, 6.45) is 4.15. The number of nitrogens with one attached hydrogen (secondary N) is 2. The Morgan fingerprint density at radius 2 is 2.26 bits per heavy atom. The Labute approximate surface area is 157 Å². The molecule has 0 bridgehead atoms. The number of amides is 1. The topological polar surface area (TPSA) is 87.0 Å². The molecule has 2 atom stereocenters. The van der Waals surface area contributed by atoms with Gasteiger partial charge in [0.1, 0.15) is 5.76 Å². The number of nitrogens with zero attached hydrogens (tertiary/aromatic N) is 3. The molecule has 2 aromatic heterocycles. The van der Waals surface area contributed by atoms with Gasteiger partial charge in [-0.05, 0) is 30.4 Å². The predicted octanol–water partition coefficient (Wildman–Crippen LogP) is 2.68. The first-order chi connectivity index (χ1) is 13.2. The fourth-order valence-electron chi connectivity index (χ4n) is 3.99. The minimum absolute atomic E-state index is 0.113. The molecule has 27 heavy (non-hydrogen) atoms. The van der Waals surface area contributed by atoms with Crippen molar-refractivity contribution in [3.63, 3.8) is 0 Å². The number of rotatable bonds is 5. The van der Waals surface area contributed by atoms with Gasteiger partial charge >= 0.3 is 0 Å². The van der Waals surface area contributed by atoms with Gasteiger partial charge in [-0.25, -0.2) is 0 Å². The Bertz CT molecular complexity index is 974. The Balaban J connectivity index is 1.24. The van der Waals surface area contributed by atoms with Crippen molar-refractivity contribution in [2.24, 2.45) is 5.92 Å². The molecule has 7 nitrogen and oxygen atoms in total. The highest BCUT2D eigenvalue weighted by Gasteiger charge is 2.33. The Morgan fingerprint density at radius 1 is 1.37 bits per heavy atom. The molecule has 2 fully saturated rings. The van der Waals surface area contributed by atoms with E-state index in [1.807, 2.05) is 12.3 Å². The largest absolute Gasteiger partial charge is 0.360 e. The van der Waals surface area contributed by atoms with Gasteiger partial charge in [0.05, 0.1) is 11.7 Å². The van der Waals surface area contributed by atoms with Crippen LogP contribution in [0, 0.1) is 5.92 Å². The number of hydrogen-bond donors (Lipinski definition) is 2. The second-order valence-corrected chi connectivity index (χ2v) is 7.89. The van der Waals surface area contributed by atoms with E-state index >= 15 is 0 Å². The molecule has 3 aromatic rings. The first kappa shape index (κ1) is 16.5. The average molecular weight is 365 g/mol. The lowest BCUT2D eigenvalue weighted by molar-refractivity contribution is 0.0922. The molecule has 1 aromatic carbocycles. The van der Waals surface area contributed by atoms with Crippen LogP contribution in [0.1, 0.15) is 47.5 Å². The molecule has 1 saturated heterocycles. The second-order valence-electron chi connectivity index (χ2n) is 7.89. The van der Waals surface area contributed by atoms with Crippen molar-refractivity contribution in [2.45, 2.75) is 38.3 Å². The molecule has 2 N–H and O–H groups in total. The van der Waals surface area contributed by atoms with E-state index in [0.717, 1.165) is 49.1 Å². The van der Waals surface area contributed by atoms with Crippen LogP contribution in [0.2, 0.25) is 0 Å². The molecule has 0 unspecified atom stereocenters. The van der Waals surface area contributed by atoms with Crippen LogP contribution < -0.4 is 5.32 Å². The summed E-state index contributed by atoms with van der Waals surface area (Å²) in [5.41, 5.74) is 2.71. The van der Waals surface area contributed by atoms with Gasteiger partial charge in [0.25, 0.3) is 5.91 Å². The smallest absolute Gasteiger partial charge is 0.273 e. The fraction of sp³-hybridized carbons (Fsp3) is 0.450. The Kier molecular flexibility index (Phi) is 3.97. The SMILES string of the molecule is C[C@@H]1CN(Cc2cccc3[nH]ncc23)C[C@@H]1NC(=O)c1cc(C2CC2)on1. The van der Waals surface area contributed by atoms with E-state index in [1.165, 1.54) is 5.56 Å². The number of benzene rings is 1. The van der Waals surface area contributed by atoms with Crippen molar-refractivity contribution >= 4 is 16.8 Å². The van der Waals surface area contributed by atoms with Crippen LogP contribution in [0.4, 0.5) is 0 Å². The maximum absolute atomic E-state index is 12.5. The number of carbonyl (C=O) groups excluding carboxylic acids is 1. The minimum atomic E-state index is -0.138. The summed E-state index contributed by atoms with van der Waals surface area (Å²) in [7, 11) is 0. The lowest BCUT2D eigenvalue weighted by atomic mass is 10.1. The van der Waals surface area contributed by atoms with Crippen LogP contribution in [-0.4, -0.2) is 45.3 Å². The summed E-state index contributed by atoms with van der Waals surface area (Å²) in [5, 5.41) is 15.4. The first-order valence-electron chi connectivity index (χ1n) is 9.58. The van der Waals surface area contributed by atoms with Crippen molar-refractivity contribution in [3.8, 4) is 0 Å². The summed E-state index contributed by atoms with van der Waals surface area (Å²) in [6, 6.07) is 8.14.